The van der Waals surface area contributed by atoms with E-state index in [1.165, 1.54) is 17.8 Å². The Kier molecular flexibility index (Phi) is 4.23. The first-order valence-corrected chi connectivity index (χ1v) is 7.39. The van der Waals surface area contributed by atoms with Gasteiger partial charge in [0, 0.05) is 16.3 Å². The topological polar surface area (TPSA) is 86.2 Å². The van der Waals surface area contributed by atoms with Gasteiger partial charge in [0.2, 0.25) is 10.0 Å². The van der Waals surface area contributed by atoms with Crippen molar-refractivity contribution in [1.29, 1.82) is 0 Å². The Morgan fingerprint density at radius 1 is 1.38 bits per heavy atom. The van der Waals surface area contributed by atoms with Crippen LogP contribution < -0.4 is 10.9 Å². The molecule has 0 atom stereocenters. The minimum absolute atomic E-state index is 0.109. The van der Waals surface area contributed by atoms with Gasteiger partial charge in [0.25, 0.3) is 0 Å². The minimum atomic E-state index is -3.70. The number of hydrogen-bond donors (Lipinski definition) is 2. The summed E-state index contributed by atoms with van der Waals surface area (Å²) < 4.78 is 22.7. The summed E-state index contributed by atoms with van der Waals surface area (Å²) in [5.74, 6) is 1.32. The molecular formula is C10H16N2O2S2. The van der Waals surface area contributed by atoms with Gasteiger partial charge in [-0.05, 0) is 24.1 Å². The number of nitrogen functional groups attached to an aromatic ring is 1. The predicted octanol–water partition coefficient (Wildman–Crippen LogP) is 1.66. The highest BCUT2D eigenvalue weighted by atomic mass is 32.2. The molecule has 0 heterocycles. The van der Waals surface area contributed by atoms with E-state index in [1.54, 1.807) is 12.1 Å². The molecule has 4 N–H and O–H groups in total. The summed E-state index contributed by atoms with van der Waals surface area (Å²) in [6.07, 6.45) is 0. The average Bonchev–Trinajstić information content (AvgIpc) is 2.14. The van der Waals surface area contributed by atoms with E-state index in [9.17, 15) is 8.42 Å². The highest BCUT2D eigenvalue weighted by molar-refractivity contribution is 8.00. The fourth-order valence-electron chi connectivity index (χ4n) is 1.12. The molecule has 6 heteroatoms. The number of anilines is 1. The van der Waals surface area contributed by atoms with Crippen molar-refractivity contribution in [1.82, 2.24) is 0 Å². The molecule has 0 radical (unpaired) electrons. The molecular weight excluding hydrogens is 244 g/mol. The normalized spacial score (nSPS) is 12.0. The van der Waals surface area contributed by atoms with Crippen molar-refractivity contribution < 1.29 is 8.42 Å². The summed E-state index contributed by atoms with van der Waals surface area (Å²) in [5, 5.41) is 5.14. The fourth-order valence-corrected chi connectivity index (χ4v) is 3.18. The molecule has 0 aliphatic heterocycles. The van der Waals surface area contributed by atoms with Gasteiger partial charge >= 0.3 is 0 Å². The molecule has 4 nitrogen and oxygen atoms in total. The van der Waals surface area contributed by atoms with Gasteiger partial charge < -0.3 is 5.73 Å². The second kappa shape index (κ2) is 5.07. The van der Waals surface area contributed by atoms with Crippen LogP contribution in [0.25, 0.3) is 0 Å². The summed E-state index contributed by atoms with van der Waals surface area (Å²) in [4.78, 5) is 0.767. The Bertz CT molecular complexity index is 470. The van der Waals surface area contributed by atoms with Gasteiger partial charge in [0.1, 0.15) is 0 Å². The van der Waals surface area contributed by atoms with Gasteiger partial charge in [-0.1, -0.05) is 13.8 Å². The van der Waals surface area contributed by atoms with E-state index in [-0.39, 0.29) is 4.90 Å². The van der Waals surface area contributed by atoms with Crippen LogP contribution in [-0.2, 0) is 10.0 Å². The highest BCUT2D eigenvalue weighted by Crippen LogP contribution is 2.28. The Labute approximate surface area is 100 Å². The Morgan fingerprint density at radius 2 is 2.00 bits per heavy atom. The van der Waals surface area contributed by atoms with Crippen molar-refractivity contribution in [2.24, 2.45) is 11.1 Å². The van der Waals surface area contributed by atoms with Crippen LogP contribution in [0.3, 0.4) is 0 Å². The van der Waals surface area contributed by atoms with Crippen molar-refractivity contribution in [3.05, 3.63) is 18.2 Å². The molecule has 0 amide bonds. The van der Waals surface area contributed by atoms with Crippen LogP contribution in [0, 0.1) is 5.92 Å². The summed E-state index contributed by atoms with van der Waals surface area (Å²) in [5.41, 5.74) is 5.95. The Balaban J connectivity index is 3.09. The Morgan fingerprint density at radius 3 is 2.50 bits per heavy atom. The summed E-state index contributed by atoms with van der Waals surface area (Å²) in [6, 6.07) is 4.78. The van der Waals surface area contributed by atoms with E-state index in [0.717, 1.165) is 5.75 Å². The van der Waals surface area contributed by atoms with Gasteiger partial charge in [-0.3, -0.25) is 0 Å². The molecule has 1 aromatic rings. The molecule has 0 spiro atoms. The van der Waals surface area contributed by atoms with Gasteiger partial charge in [-0.15, -0.1) is 11.8 Å². The third-order valence-corrected chi connectivity index (χ3v) is 4.43. The molecule has 0 saturated carbocycles. The Hall–Kier alpha value is -0.720. The maximum absolute atomic E-state index is 11.4. The molecule has 0 aliphatic rings. The number of rotatable bonds is 4. The third-order valence-electron chi connectivity index (χ3n) is 1.85. The third kappa shape index (κ3) is 3.70. The molecule has 0 bridgehead atoms. The highest BCUT2D eigenvalue weighted by Gasteiger charge is 2.14. The van der Waals surface area contributed by atoms with Crippen LogP contribution in [-0.4, -0.2) is 14.2 Å². The van der Waals surface area contributed by atoms with Crippen molar-refractivity contribution in [2.75, 3.05) is 11.5 Å². The first-order chi connectivity index (χ1) is 7.30. The average molecular weight is 260 g/mol. The lowest BCUT2D eigenvalue weighted by atomic mass is 10.3. The van der Waals surface area contributed by atoms with Crippen molar-refractivity contribution in [3.63, 3.8) is 0 Å². The molecule has 1 rings (SSSR count). The number of sulfonamides is 1. The molecule has 0 unspecified atom stereocenters. The molecule has 1 aromatic carbocycles. The zero-order chi connectivity index (χ0) is 12.3. The lowest BCUT2D eigenvalue weighted by Gasteiger charge is -2.09. The van der Waals surface area contributed by atoms with Gasteiger partial charge in [-0.25, -0.2) is 13.6 Å². The first kappa shape index (κ1) is 13.3. The molecule has 0 aliphatic carbocycles. The lowest BCUT2D eigenvalue weighted by molar-refractivity contribution is 0.596. The molecule has 0 saturated heterocycles. The second-order valence-electron chi connectivity index (χ2n) is 3.96. The summed E-state index contributed by atoms with van der Waals surface area (Å²) in [7, 11) is -3.70. The van der Waals surface area contributed by atoms with Crippen LogP contribution >= 0.6 is 11.8 Å². The summed E-state index contributed by atoms with van der Waals surface area (Å²) >= 11 is 1.48. The van der Waals surface area contributed by atoms with Gasteiger partial charge in [0.05, 0.1) is 4.90 Å². The van der Waals surface area contributed by atoms with Crippen molar-refractivity contribution in [3.8, 4) is 0 Å². The molecule has 16 heavy (non-hydrogen) atoms. The van der Waals surface area contributed by atoms with Crippen LogP contribution in [0.1, 0.15) is 13.8 Å². The number of primary sulfonamides is 1. The molecule has 90 valence electrons. The van der Waals surface area contributed by atoms with Crippen molar-refractivity contribution >= 4 is 27.5 Å². The standard InChI is InChI=1S/C10H16N2O2S2/c1-7(2)6-15-9-4-3-8(11)5-10(9)16(12,13)14/h3-5,7H,6,11H2,1-2H3,(H2,12,13,14). The van der Waals surface area contributed by atoms with Crippen LogP contribution in [0.5, 0.6) is 0 Å². The lowest BCUT2D eigenvalue weighted by Crippen LogP contribution is -2.14. The largest absolute Gasteiger partial charge is 0.399 e. The minimum Gasteiger partial charge on any atom is -0.399 e. The van der Waals surface area contributed by atoms with E-state index in [1.807, 2.05) is 0 Å². The predicted molar refractivity (Wildman–Crippen MR) is 67.8 cm³/mol. The summed E-state index contributed by atoms with van der Waals surface area (Å²) in [6.45, 7) is 4.14. The van der Waals surface area contributed by atoms with E-state index >= 15 is 0 Å². The SMILES string of the molecule is CC(C)CSc1ccc(N)cc1S(N)(=O)=O. The van der Waals surface area contributed by atoms with E-state index in [4.69, 9.17) is 10.9 Å². The monoisotopic (exact) mass is 260 g/mol. The van der Waals surface area contributed by atoms with Crippen LogP contribution in [0.2, 0.25) is 0 Å². The maximum atomic E-state index is 11.4. The van der Waals surface area contributed by atoms with Crippen LogP contribution in [0.15, 0.2) is 28.0 Å². The molecule has 0 aromatic heterocycles. The zero-order valence-corrected chi connectivity index (χ0v) is 10.9. The fraction of sp³-hybridized carbons (Fsp3) is 0.400. The number of thioether (sulfide) groups is 1. The number of nitrogens with two attached hydrogens (primary N) is 2. The van der Waals surface area contributed by atoms with Gasteiger partial charge in [0.15, 0.2) is 0 Å². The van der Waals surface area contributed by atoms with E-state index < -0.39 is 10.0 Å². The second-order valence-corrected chi connectivity index (χ2v) is 6.55. The molecule has 0 fully saturated rings. The maximum Gasteiger partial charge on any atom is 0.239 e. The first-order valence-electron chi connectivity index (χ1n) is 4.86. The van der Waals surface area contributed by atoms with Gasteiger partial charge in [-0.2, -0.15) is 0 Å². The van der Waals surface area contributed by atoms with Crippen molar-refractivity contribution in [2.45, 2.75) is 23.6 Å². The number of hydrogen-bond acceptors (Lipinski definition) is 4. The number of benzene rings is 1. The smallest absolute Gasteiger partial charge is 0.239 e. The quantitative estimate of drug-likeness (QED) is 0.637. The van der Waals surface area contributed by atoms with Crippen LogP contribution in [0.4, 0.5) is 5.69 Å². The van der Waals surface area contributed by atoms with E-state index in [0.29, 0.717) is 16.5 Å². The van der Waals surface area contributed by atoms with E-state index in [2.05, 4.69) is 13.8 Å². The zero-order valence-electron chi connectivity index (χ0n) is 9.30.